The van der Waals surface area contributed by atoms with E-state index in [1.165, 1.54) is 25.0 Å². The maximum atomic E-state index is 2.35. The Balaban J connectivity index is 2.14. The highest BCUT2D eigenvalue weighted by Crippen LogP contribution is 2.73. The molecule has 0 aliphatic heterocycles. The molecule has 0 nitrogen and oxygen atoms in total. The maximum Gasteiger partial charge on any atom is 0.139 e. The lowest BCUT2D eigenvalue weighted by Crippen LogP contribution is -2.09. The van der Waals surface area contributed by atoms with Crippen LogP contribution in [0.1, 0.15) is 0 Å². The van der Waals surface area contributed by atoms with Crippen molar-refractivity contribution >= 4 is 23.3 Å². The molecule has 2 heteroatoms. The van der Waals surface area contributed by atoms with Crippen molar-refractivity contribution in [2.45, 2.75) is 19.6 Å². The van der Waals surface area contributed by atoms with Crippen molar-refractivity contribution in [1.29, 1.82) is 0 Å². The van der Waals surface area contributed by atoms with E-state index >= 15 is 0 Å². The summed E-state index contributed by atoms with van der Waals surface area (Å²) >= 11 is 0. The zero-order chi connectivity index (χ0) is 17.8. The molecule has 26 heavy (non-hydrogen) atoms. The highest BCUT2D eigenvalue weighted by Gasteiger charge is 2.32. The summed E-state index contributed by atoms with van der Waals surface area (Å²) in [6.07, 6.45) is 0. The molecule has 0 aromatic heterocycles. The zero-order valence-corrected chi connectivity index (χ0v) is 15.7. The third-order valence-electron chi connectivity index (χ3n) is 4.63. The van der Waals surface area contributed by atoms with Crippen molar-refractivity contribution in [3.8, 4) is 0 Å². The molecule has 0 fully saturated rings. The van der Waals surface area contributed by atoms with Crippen LogP contribution in [0.25, 0.3) is 0 Å². The van der Waals surface area contributed by atoms with E-state index in [-0.39, 0.29) is 0 Å². The lowest BCUT2D eigenvalue weighted by atomic mass is 9.97. The van der Waals surface area contributed by atoms with Crippen LogP contribution in [0.15, 0.2) is 135 Å². The summed E-state index contributed by atoms with van der Waals surface area (Å²) < 4.78 is 0. The molecule has 0 atom stereocenters. The first-order valence-electron chi connectivity index (χ1n) is 8.87. The fourth-order valence-electron chi connectivity index (χ4n) is 3.50. The van der Waals surface area contributed by atoms with Gasteiger partial charge in [-0.05, 0) is 42.5 Å². The Bertz CT molecular complexity index is 885. The van der Waals surface area contributed by atoms with Gasteiger partial charge in [-0.2, -0.15) is 0 Å². The van der Waals surface area contributed by atoms with Crippen molar-refractivity contribution in [3.63, 3.8) is 0 Å². The van der Waals surface area contributed by atoms with Crippen LogP contribution in [-0.4, -0.2) is 7.85 Å². The van der Waals surface area contributed by atoms with E-state index in [9.17, 15) is 0 Å². The van der Waals surface area contributed by atoms with Gasteiger partial charge in [-0.15, -0.1) is 10.0 Å². The Hall–Kier alpha value is -2.71. The van der Waals surface area contributed by atoms with Crippen LogP contribution < -0.4 is 5.46 Å². The van der Waals surface area contributed by atoms with E-state index in [2.05, 4.69) is 123 Å². The number of hydrogen-bond donors (Lipinski definition) is 0. The summed E-state index contributed by atoms with van der Waals surface area (Å²) in [5.41, 5.74) is 1.29. The fourth-order valence-corrected chi connectivity index (χ4v) is 7.47. The molecule has 0 unspecified atom stereocenters. The summed E-state index contributed by atoms with van der Waals surface area (Å²) in [6.45, 7) is 0. The predicted molar refractivity (Wildman–Crippen MR) is 115 cm³/mol. The number of rotatable bonds is 4. The van der Waals surface area contributed by atoms with Crippen molar-refractivity contribution in [2.75, 3.05) is 0 Å². The van der Waals surface area contributed by atoms with Gasteiger partial charge >= 0.3 is 0 Å². The second-order valence-corrected chi connectivity index (χ2v) is 9.48. The van der Waals surface area contributed by atoms with Crippen LogP contribution in [0.4, 0.5) is 0 Å². The third-order valence-corrected chi connectivity index (χ3v) is 8.53. The van der Waals surface area contributed by atoms with Crippen LogP contribution in [0, 0.1) is 0 Å². The van der Waals surface area contributed by atoms with E-state index < -0.39 is 10.0 Å². The molecular formula is C24H21BS. The zero-order valence-electron chi connectivity index (χ0n) is 14.9. The molecule has 4 aromatic carbocycles. The summed E-state index contributed by atoms with van der Waals surface area (Å²) in [5.74, 6) is 0. The molecule has 126 valence electrons. The Labute approximate surface area is 158 Å². The number of benzene rings is 4. The summed E-state index contributed by atoms with van der Waals surface area (Å²) in [6, 6.07) is 41.8. The average molecular weight is 352 g/mol. The molecule has 0 bridgehead atoms. The summed E-state index contributed by atoms with van der Waals surface area (Å²) in [4.78, 5) is 5.47. The van der Waals surface area contributed by atoms with Gasteiger partial charge < -0.3 is 0 Å². The van der Waals surface area contributed by atoms with Gasteiger partial charge in [0.05, 0.1) is 0 Å². The van der Waals surface area contributed by atoms with Gasteiger partial charge in [-0.1, -0.05) is 78.3 Å². The molecule has 0 saturated carbocycles. The average Bonchev–Trinajstić information content (AvgIpc) is 2.71. The van der Waals surface area contributed by atoms with Crippen LogP contribution in [0.5, 0.6) is 0 Å². The molecule has 0 radical (unpaired) electrons. The van der Waals surface area contributed by atoms with Crippen molar-refractivity contribution in [3.05, 3.63) is 115 Å². The van der Waals surface area contributed by atoms with Gasteiger partial charge in [0.15, 0.2) is 0 Å². The molecule has 0 heterocycles. The standard InChI is InChI=1S/C24H21BS/c25-20-11-10-18-24(19-20)26(21-12-4-1-5-13-21,22-14-6-2-7-15-22)23-16-8-3-9-17-23/h1-19H,25H2. The van der Waals surface area contributed by atoms with Gasteiger partial charge in [-0.3, -0.25) is 0 Å². The largest absolute Gasteiger partial charge is 0.139 e. The van der Waals surface area contributed by atoms with Crippen molar-refractivity contribution < 1.29 is 0 Å². The molecule has 4 aromatic rings. The number of hydrogen-bond acceptors (Lipinski definition) is 0. The predicted octanol–water partition coefficient (Wildman–Crippen LogP) is 5.29. The molecular weight excluding hydrogens is 331 g/mol. The highest BCUT2D eigenvalue weighted by atomic mass is 32.3. The second-order valence-electron chi connectivity index (χ2n) is 6.37. The Morgan fingerprint density at radius 3 is 1.19 bits per heavy atom. The van der Waals surface area contributed by atoms with Crippen molar-refractivity contribution in [1.82, 2.24) is 0 Å². The Morgan fingerprint density at radius 1 is 0.423 bits per heavy atom. The van der Waals surface area contributed by atoms with Gasteiger partial charge in [0.1, 0.15) is 7.85 Å². The first-order valence-corrected chi connectivity index (χ1v) is 10.5. The van der Waals surface area contributed by atoms with Crippen LogP contribution in [-0.2, 0) is 0 Å². The molecule has 0 amide bonds. The molecule has 0 saturated heterocycles. The SMILES string of the molecule is Bc1cccc(S(c2ccccc2)(c2ccccc2)c2ccccc2)c1. The normalized spacial score (nSPS) is 11.8. The minimum absolute atomic E-state index is 1.29. The van der Waals surface area contributed by atoms with Gasteiger partial charge in [-0.25, -0.2) is 0 Å². The molecule has 4 rings (SSSR count). The smallest absolute Gasteiger partial charge is 0.133 e. The Morgan fingerprint density at radius 2 is 0.808 bits per heavy atom. The lowest BCUT2D eigenvalue weighted by Gasteiger charge is -2.42. The fraction of sp³-hybridized carbons (Fsp3) is 0. The quantitative estimate of drug-likeness (QED) is 0.438. The van der Waals surface area contributed by atoms with Crippen LogP contribution in [0.2, 0.25) is 0 Å². The molecule has 0 spiro atoms. The van der Waals surface area contributed by atoms with Gasteiger partial charge in [0.25, 0.3) is 0 Å². The molecule has 0 aliphatic rings. The first kappa shape index (κ1) is 16.7. The lowest BCUT2D eigenvalue weighted by molar-refractivity contribution is 1.24. The van der Waals surface area contributed by atoms with Gasteiger partial charge in [0.2, 0.25) is 0 Å². The maximum absolute atomic E-state index is 2.35. The van der Waals surface area contributed by atoms with Crippen LogP contribution in [0.3, 0.4) is 0 Å². The minimum Gasteiger partial charge on any atom is -0.133 e. The molecule has 0 aliphatic carbocycles. The highest BCUT2D eigenvalue weighted by molar-refractivity contribution is 8.34. The van der Waals surface area contributed by atoms with E-state index in [0.29, 0.717) is 0 Å². The van der Waals surface area contributed by atoms with E-state index in [4.69, 9.17) is 0 Å². The second kappa shape index (κ2) is 7.27. The van der Waals surface area contributed by atoms with Crippen molar-refractivity contribution in [2.24, 2.45) is 0 Å². The first-order chi connectivity index (χ1) is 12.8. The van der Waals surface area contributed by atoms with E-state index in [1.807, 2.05) is 0 Å². The van der Waals surface area contributed by atoms with Crippen LogP contribution >= 0.6 is 10.0 Å². The molecule has 0 N–H and O–H groups in total. The minimum atomic E-state index is -1.53. The monoisotopic (exact) mass is 352 g/mol. The third kappa shape index (κ3) is 2.87. The summed E-state index contributed by atoms with van der Waals surface area (Å²) in [5, 5.41) is 0. The summed E-state index contributed by atoms with van der Waals surface area (Å²) in [7, 11) is 0.641. The Kier molecular flexibility index (Phi) is 4.68. The topological polar surface area (TPSA) is 0 Å². The van der Waals surface area contributed by atoms with E-state index in [0.717, 1.165) is 0 Å². The van der Waals surface area contributed by atoms with Gasteiger partial charge in [0, 0.05) is 19.6 Å². The van der Waals surface area contributed by atoms with E-state index in [1.54, 1.807) is 0 Å².